The Morgan fingerprint density at radius 1 is 1.12 bits per heavy atom. The van der Waals surface area contributed by atoms with E-state index in [0.29, 0.717) is 16.7 Å². The molecule has 0 fully saturated rings. The first-order chi connectivity index (χ1) is 11.6. The van der Waals surface area contributed by atoms with E-state index in [9.17, 15) is 5.11 Å². The van der Waals surface area contributed by atoms with Gasteiger partial charge in [0.2, 0.25) is 0 Å². The zero-order valence-electron chi connectivity index (χ0n) is 13.8. The van der Waals surface area contributed by atoms with Crippen molar-refractivity contribution in [2.24, 2.45) is 0 Å². The first kappa shape index (κ1) is 18.9. The Morgan fingerprint density at radius 2 is 1.88 bits per heavy atom. The second-order valence-corrected chi connectivity index (χ2v) is 6.48. The average molecular weight is 365 g/mol. The van der Waals surface area contributed by atoms with Gasteiger partial charge in [0.05, 0.1) is 6.61 Å². The molecule has 128 valence electrons. The smallest absolute Gasteiger partial charge is 0.120 e. The molecule has 0 unspecified atom stereocenters. The van der Waals surface area contributed by atoms with Gasteiger partial charge in [0, 0.05) is 10.0 Å². The molecule has 2 aromatic carbocycles. The van der Waals surface area contributed by atoms with Crippen molar-refractivity contribution in [2.45, 2.75) is 32.8 Å². The van der Waals surface area contributed by atoms with E-state index >= 15 is 0 Å². The van der Waals surface area contributed by atoms with Gasteiger partial charge in [-0.05, 0) is 59.9 Å². The molecule has 0 radical (unpaired) electrons. The third kappa shape index (κ3) is 5.86. The average Bonchev–Trinajstić information content (AvgIpc) is 2.56. The van der Waals surface area contributed by atoms with Crippen LogP contribution in [0.2, 0.25) is 10.0 Å². The van der Waals surface area contributed by atoms with Gasteiger partial charge in [0.1, 0.15) is 12.4 Å². The molecule has 0 spiro atoms. The molecule has 2 nitrogen and oxygen atoms in total. The molecule has 0 aliphatic carbocycles. The number of hydrogen-bond donors (Lipinski definition) is 1. The number of hydrogen-bond acceptors (Lipinski definition) is 2. The van der Waals surface area contributed by atoms with Crippen molar-refractivity contribution in [1.82, 2.24) is 0 Å². The fraction of sp³-hybridized carbons (Fsp3) is 0.300. The molecule has 4 heteroatoms. The number of aliphatic hydroxyl groups excluding tert-OH is 1. The van der Waals surface area contributed by atoms with Crippen LogP contribution in [0.3, 0.4) is 0 Å². The van der Waals surface area contributed by atoms with Crippen LogP contribution in [0.4, 0.5) is 0 Å². The molecule has 0 aromatic heterocycles. The normalized spacial score (nSPS) is 11.6. The van der Waals surface area contributed by atoms with E-state index in [1.165, 1.54) is 0 Å². The van der Waals surface area contributed by atoms with Gasteiger partial charge in [-0.1, -0.05) is 54.8 Å². The molecular formula is C20H22Cl2O2. The lowest BCUT2D eigenvalue weighted by atomic mass is 10.00. The molecule has 0 saturated carbocycles. The van der Waals surface area contributed by atoms with Crippen molar-refractivity contribution in [2.75, 3.05) is 6.61 Å². The zero-order valence-corrected chi connectivity index (χ0v) is 15.3. The Bertz CT molecular complexity index is 676. The Kier molecular flexibility index (Phi) is 7.64. The lowest BCUT2D eigenvalue weighted by molar-refractivity contribution is 0.306. The van der Waals surface area contributed by atoms with Crippen LogP contribution in [0.1, 0.15) is 37.3 Å². The highest BCUT2D eigenvalue weighted by atomic mass is 35.5. The van der Waals surface area contributed by atoms with Crippen molar-refractivity contribution in [3.63, 3.8) is 0 Å². The molecule has 0 atom stereocenters. The summed E-state index contributed by atoms with van der Waals surface area (Å²) in [5.74, 6) is 0.781. The SMILES string of the molecule is CCCC/C(=C\CO)c1cccc(OCc2cc(Cl)cc(Cl)c2)c1. The summed E-state index contributed by atoms with van der Waals surface area (Å²) in [6, 6.07) is 13.3. The fourth-order valence-corrected chi connectivity index (χ4v) is 3.06. The van der Waals surface area contributed by atoms with Gasteiger partial charge in [-0.25, -0.2) is 0 Å². The Balaban J connectivity index is 2.10. The van der Waals surface area contributed by atoms with Crippen molar-refractivity contribution in [1.29, 1.82) is 0 Å². The molecule has 2 aromatic rings. The van der Waals surface area contributed by atoms with E-state index < -0.39 is 0 Å². The molecule has 0 aliphatic heterocycles. The molecule has 2 rings (SSSR count). The molecule has 0 aliphatic rings. The van der Waals surface area contributed by atoms with Crippen molar-refractivity contribution in [3.05, 3.63) is 69.7 Å². The minimum Gasteiger partial charge on any atom is -0.489 e. The van der Waals surface area contributed by atoms with Crippen molar-refractivity contribution >= 4 is 28.8 Å². The summed E-state index contributed by atoms with van der Waals surface area (Å²) in [7, 11) is 0. The van der Waals surface area contributed by atoms with Crippen LogP contribution in [0, 0.1) is 0 Å². The first-order valence-corrected chi connectivity index (χ1v) is 8.86. The molecule has 0 bridgehead atoms. The number of halogens is 2. The summed E-state index contributed by atoms with van der Waals surface area (Å²) in [5.41, 5.74) is 3.16. The van der Waals surface area contributed by atoms with E-state index in [-0.39, 0.29) is 6.61 Å². The second kappa shape index (κ2) is 9.73. The van der Waals surface area contributed by atoms with Crippen LogP contribution in [-0.4, -0.2) is 11.7 Å². The summed E-state index contributed by atoms with van der Waals surface area (Å²) >= 11 is 12.0. The number of rotatable bonds is 8. The minimum absolute atomic E-state index is 0.0468. The van der Waals surface area contributed by atoms with Crippen LogP contribution in [-0.2, 0) is 6.61 Å². The van der Waals surface area contributed by atoms with Gasteiger partial charge in [-0.2, -0.15) is 0 Å². The van der Waals surface area contributed by atoms with Gasteiger partial charge < -0.3 is 9.84 Å². The molecular weight excluding hydrogens is 343 g/mol. The maximum Gasteiger partial charge on any atom is 0.120 e. The summed E-state index contributed by atoms with van der Waals surface area (Å²) in [5, 5.41) is 10.4. The largest absolute Gasteiger partial charge is 0.489 e. The van der Waals surface area contributed by atoms with Crippen molar-refractivity contribution in [3.8, 4) is 5.75 Å². The number of ether oxygens (including phenoxy) is 1. The summed E-state index contributed by atoms with van der Waals surface area (Å²) in [6.45, 7) is 2.61. The number of aliphatic hydroxyl groups is 1. The van der Waals surface area contributed by atoms with Gasteiger partial charge in [-0.15, -0.1) is 0 Å². The molecule has 0 heterocycles. The van der Waals surface area contributed by atoms with Gasteiger partial charge in [-0.3, -0.25) is 0 Å². The summed E-state index contributed by atoms with van der Waals surface area (Å²) < 4.78 is 5.87. The Labute approximate surface area is 153 Å². The number of allylic oxidation sites excluding steroid dienone is 1. The van der Waals surface area contributed by atoms with Gasteiger partial charge >= 0.3 is 0 Å². The fourth-order valence-electron chi connectivity index (χ4n) is 2.49. The van der Waals surface area contributed by atoms with Crippen molar-refractivity contribution < 1.29 is 9.84 Å². The minimum atomic E-state index is 0.0468. The van der Waals surface area contributed by atoms with Crippen LogP contribution in [0.25, 0.3) is 5.57 Å². The highest BCUT2D eigenvalue weighted by Gasteiger charge is 2.05. The van der Waals surface area contributed by atoms with E-state index in [0.717, 1.165) is 41.7 Å². The first-order valence-electron chi connectivity index (χ1n) is 8.10. The third-order valence-corrected chi connectivity index (χ3v) is 4.11. The highest BCUT2D eigenvalue weighted by Crippen LogP contribution is 2.26. The molecule has 0 amide bonds. The summed E-state index contributed by atoms with van der Waals surface area (Å²) in [4.78, 5) is 0. The molecule has 0 saturated heterocycles. The van der Waals surface area contributed by atoms with Gasteiger partial charge in [0.15, 0.2) is 0 Å². The maximum atomic E-state index is 9.24. The monoisotopic (exact) mass is 364 g/mol. The third-order valence-electron chi connectivity index (χ3n) is 3.67. The quantitative estimate of drug-likeness (QED) is 0.609. The number of benzene rings is 2. The van der Waals surface area contributed by atoms with Gasteiger partial charge in [0.25, 0.3) is 0 Å². The lowest BCUT2D eigenvalue weighted by Gasteiger charge is -2.11. The van der Waals surface area contributed by atoms with Crippen LogP contribution in [0.5, 0.6) is 5.75 Å². The standard InChI is InChI=1S/C20H22Cl2O2/c1-2-3-5-16(8-9-23)17-6-4-7-20(12-17)24-14-15-10-18(21)13-19(22)11-15/h4,6-8,10-13,23H,2-3,5,9,14H2,1H3/b16-8+. The maximum absolute atomic E-state index is 9.24. The van der Waals surface area contributed by atoms with E-state index in [1.54, 1.807) is 6.07 Å². The molecule has 24 heavy (non-hydrogen) atoms. The second-order valence-electron chi connectivity index (χ2n) is 5.61. The molecule has 1 N–H and O–H groups in total. The lowest BCUT2D eigenvalue weighted by Crippen LogP contribution is -1.96. The topological polar surface area (TPSA) is 29.5 Å². The van der Waals surface area contributed by atoms with Crippen LogP contribution >= 0.6 is 23.2 Å². The van der Waals surface area contributed by atoms with E-state index in [4.69, 9.17) is 27.9 Å². The zero-order chi connectivity index (χ0) is 17.4. The summed E-state index contributed by atoms with van der Waals surface area (Å²) in [6.07, 6.45) is 5.03. The van der Waals surface area contributed by atoms with Crippen LogP contribution < -0.4 is 4.74 Å². The highest BCUT2D eigenvalue weighted by molar-refractivity contribution is 6.34. The Morgan fingerprint density at radius 3 is 2.54 bits per heavy atom. The predicted molar refractivity (Wildman–Crippen MR) is 102 cm³/mol. The predicted octanol–water partition coefficient (Wildman–Crippen LogP) is 6.14. The Hall–Kier alpha value is -1.48. The number of unbranched alkanes of at least 4 members (excludes halogenated alkanes) is 1. The van der Waals surface area contributed by atoms with E-state index in [1.807, 2.05) is 42.5 Å². The van der Waals surface area contributed by atoms with Crippen LogP contribution in [0.15, 0.2) is 48.5 Å². The van der Waals surface area contributed by atoms with E-state index in [2.05, 4.69) is 6.92 Å².